The number of hydrogen-bond acceptors (Lipinski definition) is 2. The molecular weight excluding hydrogens is 417 g/mol. The quantitative estimate of drug-likeness (QED) is 0.276. The molecule has 0 aliphatic rings. The van der Waals surface area contributed by atoms with Crippen molar-refractivity contribution in [2.45, 2.75) is 123 Å². The van der Waals surface area contributed by atoms with Gasteiger partial charge in [-0.25, -0.2) is 0 Å². The van der Waals surface area contributed by atoms with Crippen molar-refractivity contribution in [3.05, 3.63) is 0 Å². The number of nitrogens with zero attached hydrogens (tertiary/aromatic N) is 1. The molecule has 25 heavy (non-hydrogen) atoms. The third-order valence-electron chi connectivity index (χ3n) is 5.55. The normalized spacial score (nSPS) is 13.4. The summed E-state index contributed by atoms with van der Waals surface area (Å²) in [6.45, 7) is 17.4. The third kappa shape index (κ3) is 8.53. The first-order chi connectivity index (χ1) is 11.8. The molecule has 0 spiro atoms. The van der Waals surface area contributed by atoms with E-state index in [0.717, 1.165) is 0 Å². The van der Waals surface area contributed by atoms with Crippen LogP contribution in [0, 0.1) is 0 Å². The molecule has 3 nitrogen and oxygen atoms in total. The van der Waals surface area contributed by atoms with Gasteiger partial charge in [0.2, 0.25) is 0 Å². The summed E-state index contributed by atoms with van der Waals surface area (Å²) in [4.78, 5) is 14.7. The van der Waals surface area contributed by atoms with Crippen LogP contribution in [0.5, 0.6) is 0 Å². The predicted molar refractivity (Wildman–Crippen MR) is 113 cm³/mol. The molecule has 1 amide bonds. The maximum atomic E-state index is 12.8. The molecule has 0 saturated carbocycles. The molecule has 150 valence electrons. The first-order valence-corrected chi connectivity index (χ1v) is 18.4. The van der Waals surface area contributed by atoms with Crippen LogP contribution >= 0.6 is 0 Å². The monoisotopic (exact) mass is 463 g/mol. The minimum absolute atomic E-state index is 0.0944. The number of amides is 1. The van der Waals surface area contributed by atoms with Crippen LogP contribution in [0.4, 0.5) is 4.79 Å². The van der Waals surface area contributed by atoms with Crippen LogP contribution in [0.15, 0.2) is 0 Å². The SMILES string of the molecule is CCC[CH2][Sn]([CH2]CCC)([CH2]CCC)[CH](C)OC(=O)N(C(C)C)C(C)C. The summed E-state index contributed by atoms with van der Waals surface area (Å²) in [5.74, 6) is 0. The van der Waals surface area contributed by atoms with Crippen molar-refractivity contribution in [3.63, 3.8) is 0 Å². The van der Waals surface area contributed by atoms with Gasteiger partial charge in [-0.05, 0) is 0 Å². The molecule has 0 heterocycles. The van der Waals surface area contributed by atoms with E-state index in [1.54, 1.807) is 0 Å². The Kier molecular flexibility index (Phi) is 13.3. The van der Waals surface area contributed by atoms with Crippen molar-refractivity contribution in [1.82, 2.24) is 4.90 Å². The molecule has 0 rings (SSSR count). The average Bonchev–Trinajstić information content (AvgIpc) is 2.53. The van der Waals surface area contributed by atoms with Crippen LogP contribution in [0.3, 0.4) is 0 Å². The molecule has 4 heteroatoms. The van der Waals surface area contributed by atoms with E-state index in [-0.39, 0.29) is 22.3 Å². The van der Waals surface area contributed by atoms with Crippen molar-refractivity contribution in [1.29, 1.82) is 0 Å². The van der Waals surface area contributed by atoms with E-state index in [2.05, 4.69) is 55.4 Å². The Morgan fingerprint density at radius 3 is 1.44 bits per heavy atom. The average molecular weight is 462 g/mol. The zero-order chi connectivity index (χ0) is 19.5. The topological polar surface area (TPSA) is 29.5 Å². The second-order valence-corrected chi connectivity index (χ2v) is 22.7. The molecule has 1 unspecified atom stereocenters. The number of unbranched alkanes of at least 4 members (excludes halogenated alkanes) is 3. The van der Waals surface area contributed by atoms with Crippen LogP contribution in [-0.4, -0.2) is 45.6 Å². The first-order valence-electron chi connectivity index (χ1n) is 10.7. The summed E-state index contributed by atoms with van der Waals surface area (Å²) in [6.07, 6.45) is 7.59. The summed E-state index contributed by atoms with van der Waals surface area (Å²) in [7, 11) is 0. The van der Waals surface area contributed by atoms with Crippen molar-refractivity contribution in [3.8, 4) is 0 Å². The van der Waals surface area contributed by atoms with Gasteiger partial charge in [0.25, 0.3) is 0 Å². The van der Waals surface area contributed by atoms with E-state index in [4.69, 9.17) is 4.74 Å². The van der Waals surface area contributed by atoms with E-state index in [1.165, 1.54) is 51.8 Å². The predicted octanol–water partition coefficient (Wildman–Crippen LogP) is 7.02. The van der Waals surface area contributed by atoms with Gasteiger partial charge in [-0.15, -0.1) is 0 Å². The Morgan fingerprint density at radius 1 is 0.800 bits per heavy atom. The Balaban J connectivity index is 5.32. The molecule has 0 fully saturated rings. The van der Waals surface area contributed by atoms with Gasteiger partial charge in [-0.2, -0.15) is 0 Å². The van der Waals surface area contributed by atoms with Crippen LogP contribution < -0.4 is 0 Å². The fourth-order valence-corrected chi connectivity index (χ4v) is 19.6. The van der Waals surface area contributed by atoms with Crippen molar-refractivity contribution in [2.75, 3.05) is 0 Å². The molecule has 0 N–H and O–H groups in total. The summed E-state index contributed by atoms with van der Waals surface area (Å²) >= 11 is -2.50. The van der Waals surface area contributed by atoms with Gasteiger partial charge in [0.15, 0.2) is 0 Å². The minimum atomic E-state index is -2.50. The van der Waals surface area contributed by atoms with Gasteiger partial charge in [0.1, 0.15) is 0 Å². The van der Waals surface area contributed by atoms with Crippen LogP contribution in [0.2, 0.25) is 13.3 Å². The molecule has 0 radical (unpaired) electrons. The van der Waals surface area contributed by atoms with Crippen LogP contribution in [0.25, 0.3) is 0 Å². The second kappa shape index (κ2) is 13.3. The molecule has 0 aromatic rings. The molecule has 0 aromatic carbocycles. The second-order valence-electron chi connectivity index (χ2n) is 8.29. The maximum absolute atomic E-state index is 12.8. The van der Waals surface area contributed by atoms with E-state index < -0.39 is 18.4 Å². The van der Waals surface area contributed by atoms with E-state index in [9.17, 15) is 4.79 Å². The summed E-state index contributed by atoms with van der Waals surface area (Å²) in [5.41, 5.74) is 0. The van der Waals surface area contributed by atoms with Gasteiger partial charge in [0, 0.05) is 0 Å². The molecule has 1 atom stereocenters. The number of rotatable bonds is 13. The molecule has 0 bridgehead atoms. The number of carbonyl (C=O) groups excluding carboxylic acids is 1. The van der Waals surface area contributed by atoms with Gasteiger partial charge in [0.05, 0.1) is 0 Å². The zero-order valence-electron chi connectivity index (χ0n) is 18.4. The van der Waals surface area contributed by atoms with Gasteiger partial charge in [-0.1, -0.05) is 0 Å². The van der Waals surface area contributed by atoms with Crippen molar-refractivity contribution >= 4 is 24.5 Å². The summed E-state index contributed by atoms with van der Waals surface area (Å²) < 4.78 is 10.5. The molecule has 0 saturated heterocycles. The molecule has 0 aliphatic carbocycles. The third-order valence-corrected chi connectivity index (χ3v) is 22.4. The standard InChI is InChI=1S/C9H18NO2.3C4H9.Sn/c1-6-12-9(11)10(7(2)3)8(4)5;3*1-3-4-2;/h6-8H,1-5H3;3*1,3-4H2,2H3;. The van der Waals surface area contributed by atoms with Crippen LogP contribution in [0.1, 0.15) is 93.9 Å². The van der Waals surface area contributed by atoms with E-state index in [1.807, 2.05) is 4.90 Å². The fraction of sp³-hybridized carbons (Fsp3) is 0.952. The van der Waals surface area contributed by atoms with E-state index >= 15 is 0 Å². The molecular formula is C21H45NO2Sn. The summed E-state index contributed by atoms with van der Waals surface area (Å²) in [6, 6.07) is 0.373. The molecule has 0 aliphatic heterocycles. The van der Waals surface area contributed by atoms with Crippen molar-refractivity contribution < 1.29 is 9.53 Å². The number of hydrogen-bond donors (Lipinski definition) is 0. The molecule has 0 aromatic heterocycles. The van der Waals surface area contributed by atoms with Crippen LogP contribution in [-0.2, 0) is 4.74 Å². The van der Waals surface area contributed by atoms with Gasteiger partial charge < -0.3 is 0 Å². The van der Waals surface area contributed by atoms with Gasteiger partial charge in [-0.3, -0.25) is 0 Å². The first kappa shape index (κ1) is 25.1. The Labute approximate surface area is 162 Å². The fourth-order valence-electron chi connectivity index (χ4n) is 3.93. The number of ether oxygens (including phenoxy) is 1. The zero-order valence-corrected chi connectivity index (χ0v) is 21.2. The summed E-state index contributed by atoms with van der Waals surface area (Å²) in [5, 5.41) is 0. The van der Waals surface area contributed by atoms with E-state index in [0.29, 0.717) is 0 Å². The Hall–Kier alpha value is 0.0687. The Bertz CT molecular complexity index is 328. The number of carbonyl (C=O) groups is 1. The van der Waals surface area contributed by atoms with Gasteiger partial charge >= 0.3 is 162 Å². The van der Waals surface area contributed by atoms with Crippen molar-refractivity contribution in [2.24, 2.45) is 0 Å². The Morgan fingerprint density at radius 2 is 1.16 bits per heavy atom.